The standard InChI is InChI=1S/C21H25NO4S/c1-21(2)12-17(26-21)20(23)22-8-7-13-10-15(24-3)16(25-4)11-14(13)19(22)18-6-5-9-27-18/h5-6,9-11,17,19H,7-8,12H2,1-4H3. The molecule has 0 spiro atoms. The lowest BCUT2D eigenvalue weighted by Gasteiger charge is -2.46. The smallest absolute Gasteiger partial charge is 0.252 e. The second-order valence-corrected chi connectivity index (χ2v) is 8.66. The van der Waals surface area contributed by atoms with Gasteiger partial charge in [-0.15, -0.1) is 11.3 Å². The zero-order valence-electron chi connectivity index (χ0n) is 16.2. The van der Waals surface area contributed by atoms with Gasteiger partial charge < -0.3 is 19.1 Å². The molecule has 6 heteroatoms. The predicted molar refractivity (Wildman–Crippen MR) is 105 cm³/mol. The topological polar surface area (TPSA) is 48.0 Å². The van der Waals surface area contributed by atoms with E-state index >= 15 is 0 Å². The molecule has 1 fully saturated rings. The van der Waals surface area contributed by atoms with Crippen molar-refractivity contribution in [2.75, 3.05) is 20.8 Å². The number of amides is 1. The zero-order valence-corrected chi connectivity index (χ0v) is 17.0. The number of hydrogen-bond acceptors (Lipinski definition) is 5. The van der Waals surface area contributed by atoms with Gasteiger partial charge in [-0.3, -0.25) is 4.79 Å². The van der Waals surface area contributed by atoms with Gasteiger partial charge in [0, 0.05) is 17.8 Å². The van der Waals surface area contributed by atoms with Gasteiger partial charge in [0.05, 0.1) is 25.9 Å². The normalized spacial score (nSPS) is 23.3. The molecule has 4 rings (SSSR count). The minimum Gasteiger partial charge on any atom is -0.493 e. The number of fused-ring (bicyclic) bond motifs is 1. The molecule has 0 radical (unpaired) electrons. The Bertz CT molecular complexity index is 838. The summed E-state index contributed by atoms with van der Waals surface area (Å²) in [5, 5.41) is 2.05. The zero-order chi connectivity index (χ0) is 19.2. The van der Waals surface area contributed by atoms with Gasteiger partial charge in [-0.25, -0.2) is 0 Å². The minimum absolute atomic E-state index is 0.0770. The maximum absolute atomic E-state index is 13.2. The molecule has 2 unspecified atom stereocenters. The Kier molecular flexibility index (Phi) is 4.64. The average molecular weight is 388 g/mol. The van der Waals surface area contributed by atoms with Crippen molar-refractivity contribution in [1.82, 2.24) is 4.90 Å². The van der Waals surface area contributed by atoms with Gasteiger partial charge in [0.1, 0.15) is 6.10 Å². The van der Waals surface area contributed by atoms with Crippen molar-refractivity contribution in [3.63, 3.8) is 0 Å². The molecule has 1 amide bonds. The van der Waals surface area contributed by atoms with Gasteiger partial charge in [-0.2, -0.15) is 0 Å². The van der Waals surface area contributed by atoms with Crippen LogP contribution in [0.1, 0.15) is 42.3 Å². The summed E-state index contributed by atoms with van der Waals surface area (Å²) in [6.07, 6.45) is 1.21. The van der Waals surface area contributed by atoms with E-state index in [4.69, 9.17) is 14.2 Å². The van der Waals surface area contributed by atoms with E-state index in [1.807, 2.05) is 36.9 Å². The number of carbonyl (C=O) groups is 1. The van der Waals surface area contributed by atoms with Gasteiger partial charge in [0.25, 0.3) is 5.91 Å². The van der Waals surface area contributed by atoms with E-state index in [1.54, 1.807) is 25.6 Å². The number of thiophene rings is 1. The third-order valence-corrected chi connectivity index (χ3v) is 6.31. The predicted octanol–water partition coefficient (Wildman–Crippen LogP) is 3.81. The van der Waals surface area contributed by atoms with Crippen LogP contribution in [0.2, 0.25) is 0 Å². The maximum atomic E-state index is 13.2. The van der Waals surface area contributed by atoms with Crippen molar-refractivity contribution in [3.8, 4) is 11.5 Å². The Morgan fingerprint density at radius 1 is 1.26 bits per heavy atom. The molecular formula is C21H25NO4S. The molecule has 0 saturated carbocycles. The fourth-order valence-corrected chi connectivity index (χ4v) is 4.94. The molecule has 27 heavy (non-hydrogen) atoms. The lowest BCUT2D eigenvalue weighted by atomic mass is 9.88. The average Bonchev–Trinajstić information content (AvgIpc) is 3.17. The van der Waals surface area contributed by atoms with E-state index in [1.165, 1.54) is 5.56 Å². The summed E-state index contributed by atoms with van der Waals surface area (Å²) in [5.74, 6) is 1.49. The molecule has 144 valence electrons. The Morgan fingerprint density at radius 3 is 2.56 bits per heavy atom. The molecule has 0 N–H and O–H groups in total. The fraction of sp³-hybridized carbons (Fsp3) is 0.476. The second-order valence-electron chi connectivity index (χ2n) is 7.68. The first-order valence-corrected chi connectivity index (χ1v) is 10.1. The summed E-state index contributed by atoms with van der Waals surface area (Å²) in [7, 11) is 3.29. The lowest BCUT2D eigenvalue weighted by Crippen LogP contribution is -2.56. The number of nitrogens with zero attached hydrogens (tertiary/aromatic N) is 1. The highest BCUT2D eigenvalue weighted by atomic mass is 32.1. The van der Waals surface area contributed by atoms with Crippen molar-refractivity contribution in [2.45, 2.75) is 44.4 Å². The van der Waals surface area contributed by atoms with E-state index in [2.05, 4.69) is 11.4 Å². The SMILES string of the molecule is COc1cc2c(cc1OC)C(c1cccs1)N(C(=O)C1CC(C)(C)O1)CC2. The number of benzene rings is 1. The number of hydrogen-bond donors (Lipinski definition) is 0. The van der Waals surface area contributed by atoms with E-state index in [9.17, 15) is 4.79 Å². The Balaban J connectivity index is 1.74. The number of carbonyl (C=O) groups excluding carboxylic acids is 1. The molecule has 5 nitrogen and oxygen atoms in total. The van der Waals surface area contributed by atoms with Gasteiger partial charge >= 0.3 is 0 Å². The molecule has 2 aliphatic heterocycles. The van der Waals surface area contributed by atoms with E-state index < -0.39 is 0 Å². The van der Waals surface area contributed by atoms with Gasteiger partial charge in [0.15, 0.2) is 11.5 Å². The third-order valence-electron chi connectivity index (χ3n) is 5.38. The van der Waals surface area contributed by atoms with Crippen molar-refractivity contribution in [1.29, 1.82) is 0 Å². The van der Waals surface area contributed by atoms with Crippen LogP contribution in [0.3, 0.4) is 0 Å². The molecule has 0 bridgehead atoms. The summed E-state index contributed by atoms with van der Waals surface area (Å²) in [4.78, 5) is 16.3. The molecule has 1 aromatic heterocycles. The quantitative estimate of drug-likeness (QED) is 0.801. The highest BCUT2D eigenvalue weighted by Crippen LogP contribution is 2.43. The summed E-state index contributed by atoms with van der Waals surface area (Å²) in [6, 6.07) is 8.06. The highest BCUT2D eigenvalue weighted by Gasteiger charge is 2.46. The summed E-state index contributed by atoms with van der Waals surface area (Å²) < 4.78 is 16.8. The molecule has 1 aromatic carbocycles. The van der Waals surface area contributed by atoms with E-state index in [0.717, 1.165) is 29.0 Å². The Labute approximate surface area is 163 Å². The monoisotopic (exact) mass is 387 g/mol. The molecule has 3 heterocycles. The molecule has 2 atom stereocenters. The molecular weight excluding hydrogens is 362 g/mol. The van der Waals surface area contributed by atoms with Crippen LogP contribution in [0.25, 0.3) is 0 Å². The Hall–Kier alpha value is -2.05. The van der Waals surface area contributed by atoms with Gasteiger partial charge in [0.2, 0.25) is 0 Å². The van der Waals surface area contributed by atoms with Crippen LogP contribution in [0.5, 0.6) is 11.5 Å². The molecule has 2 aliphatic rings. The van der Waals surface area contributed by atoms with Crippen LogP contribution >= 0.6 is 11.3 Å². The third kappa shape index (κ3) is 3.21. The first-order chi connectivity index (χ1) is 12.9. The Morgan fingerprint density at radius 2 is 1.96 bits per heavy atom. The van der Waals surface area contributed by atoms with Crippen molar-refractivity contribution >= 4 is 17.2 Å². The summed E-state index contributed by atoms with van der Waals surface area (Å²) in [6.45, 7) is 4.72. The van der Waals surface area contributed by atoms with Crippen LogP contribution in [0.4, 0.5) is 0 Å². The molecule has 1 saturated heterocycles. The second kappa shape index (κ2) is 6.84. The summed E-state index contributed by atoms with van der Waals surface area (Å²) in [5.41, 5.74) is 2.10. The maximum Gasteiger partial charge on any atom is 0.252 e. The van der Waals surface area contributed by atoms with E-state index in [-0.39, 0.29) is 23.7 Å². The molecule has 2 aromatic rings. The van der Waals surface area contributed by atoms with Crippen molar-refractivity contribution in [2.24, 2.45) is 0 Å². The number of ether oxygens (including phenoxy) is 3. The van der Waals surface area contributed by atoms with Crippen molar-refractivity contribution < 1.29 is 19.0 Å². The lowest BCUT2D eigenvalue weighted by molar-refractivity contribution is -0.201. The van der Waals surface area contributed by atoms with Crippen molar-refractivity contribution in [3.05, 3.63) is 45.6 Å². The van der Waals surface area contributed by atoms with Crippen LogP contribution in [0, 0.1) is 0 Å². The van der Waals surface area contributed by atoms with E-state index in [0.29, 0.717) is 12.3 Å². The fourth-order valence-electron chi connectivity index (χ4n) is 4.08. The van der Waals surface area contributed by atoms with Gasteiger partial charge in [-0.05, 0) is 55.0 Å². The molecule has 0 aliphatic carbocycles. The number of rotatable bonds is 4. The van der Waals surface area contributed by atoms with Crippen LogP contribution in [-0.2, 0) is 16.0 Å². The minimum atomic E-state index is -0.343. The van der Waals surface area contributed by atoms with Crippen LogP contribution in [0.15, 0.2) is 29.6 Å². The number of methoxy groups -OCH3 is 2. The largest absolute Gasteiger partial charge is 0.493 e. The highest BCUT2D eigenvalue weighted by molar-refractivity contribution is 7.10. The first kappa shape index (κ1) is 18.3. The first-order valence-electron chi connectivity index (χ1n) is 9.20. The summed E-state index contributed by atoms with van der Waals surface area (Å²) >= 11 is 1.67. The van der Waals surface area contributed by atoms with Crippen LogP contribution < -0.4 is 9.47 Å². The van der Waals surface area contributed by atoms with Crippen LogP contribution in [-0.4, -0.2) is 43.3 Å². The van der Waals surface area contributed by atoms with Gasteiger partial charge in [-0.1, -0.05) is 6.07 Å².